The van der Waals surface area contributed by atoms with Gasteiger partial charge in [-0.05, 0) is 30.5 Å². The highest BCUT2D eigenvalue weighted by Gasteiger charge is 2.22. The molecule has 2 N–H and O–H groups in total. The van der Waals surface area contributed by atoms with Crippen molar-refractivity contribution in [1.82, 2.24) is 10.6 Å². The topological polar surface area (TPSA) is 45.7 Å². The molecule has 1 saturated carbocycles. The fourth-order valence-electron chi connectivity index (χ4n) is 2.27. The van der Waals surface area contributed by atoms with Crippen molar-refractivity contribution in [3.8, 4) is 5.75 Å². The zero-order valence-corrected chi connectivity index (χ0v) is 12.6. The molecular formula is C14H18BrN3O. The Labute approximate surface area is 121 Å². The first-order valence-electron chi connectivity index (χ1n) is 6.67. The van der Waals surface area contributed by atoms with Gasteiger partial charge in [-0.3, -0.25) is 4.99 Å². The Hall–Kier alpha value is -1.23. The summed E-state index contributed by atoms with van der Waals surface area (Å²) in [5.41, 5.74) is 2.47. The molecule has 102 valence electrons. The normalized spacial score (nSPS) is 17.9. The Morgan fingerprint density at radius 1 is 1.47 bits per heavy atom. The molecule has 1 fully saturated rings. The third kappa shape index (κ3) is 3.03. The van der Waals surface area contributed by atoms with Crippen LogP contribution in [-0.2, 0) is 13.0 Å². The van der Waals surface area contributed by atoms with Gasteiger partial charge < -0.3 is 15.4 Å². The Morgan fingerprint density at radius 2 is 2.32 bits per heavy atom. The Kier molecular flexibility index (Phi) is 3.64. The summed E-state index contributed by atoms with van der Waals surface area (Å²) in [5.74, 6) is 1.91. The van der Waals surface area contributed by atoms with E-state index in [1.165, 1.54) is 24.0 Å². The second-order valence-corrected chi connectivity index (χ2v) is 5.91. The third-order valence-corrected chi connectivity index (χ3v) is 3.87. The van der Waals surface area contributed by atoms with Gasteiger partial charge in [-0.1, -0.05) is 15.9 Å². The summed E-state index contributed by atoms with van der Waals surface area (Å²) < 4.78 is 6.83. The minimum absolute atomic E-state index is 0.607. The number of hydrogen-bond acceptors (Lipinski definition) is 2. The summed E-state index contributed by atoms with van der Waals surface area (Å²) in [4.78, 5) is 4.24. The van der Waals surface area contributed by atoms with Gasteiger partial charge in [0.2, 0.25) is 0 Å². The molecule has 1 aromatic carbocycles. The number of rotatable bonds is 3. The second-order valence-electron chi connectivity index (χ2n) is 5.00. The van der Waals surface area contributed by atoms with Crippen LogP contribution >= 0.6 is 15.9 Å². The molecule has 2 aliphatic rings. The second kappa shape index (κ2) is 5.41. The van der Waals surface area contributed by atoms with Crippen molar-refractivity contribution in [2.24, 2.45) is 4.99 Å². The van der Waals surface area contributed by atoms with Gasteiger partial charge in [0.05, 0.1) is 6.61 Å². The maximum atomic E-state index is 5.72. The van der Waals surface area contributed by atoms with E-state index in [0.29, 0.717) is 6.04 Å². The van der Waals surface area contributed by atoms with Gasteiger partial charge in [-0.25, -0.2) is 0 Å². The monoisotopic (exact) mass is 323 g/mol. The standard InChI is InChI=1S/C14H18BrN3O/c1-16-14(18-12-2-3-12)17-8-10-7-11(15)6-9-4-5-19-13(9)10/h6-7,12H,2-5,8H2,1H3,(H2,16,17,18). The summed E-state index contributed by atoms with van der Waals surface area (Å²) >= 11 is 3.56. The van der Waals surface area contributed by atoms with Crippen LogP contribution in [-0.4, -0.2) is 25.7 Å². The largest absolute Gasteiger partial charge is 0.493 e. The predicted octanol–water partition coefficient (Wildman–Crippen LogP) is 2.21. The van der Waals surface area contributed by atoms with Crippen molar-refractivity contribution >= 4 is 21.9 Å². The zero-order chi connectivity index (χ0) is 13.2. The van der Waals surface area contributed by atoms with Crippen LogP contribution in [0.15, 0.2) is 21.6 Å². The lowest BCUT2D eigenvalue weighted by Crippen LogP contribution is -2.38. The van der Waals surface area contributed by atoms with Crippen LogP contribution in [0.4, 0.5) is 0 Å². The molecule has 1 aliphatic heterocycles. The average molecular weight is 324 g/mol. The first-order valence-corrected chi connectivity index (χ1v) is 7.47. The van der Waals surface area contributed by atoms with Crippen LogP contribution in [0.1, 0.15) is 24.0 Å². The molecular weight excluding hydrogens is 306 g/mol. The van der Waals surface area contributed by atoms with Crippen molar-refractivity contribution < 1.29 is 4.74 Å². The number of ether oxygens (including phenoxy) is 1. The maximum absolute atomic E-state index is 5.72. The first kappa shape index (κ1) is 12.8. The molecule has 1 heterocycles. The predicted molar refractivity (Wildman–Crippen MR) is 79.7 cm³/mol. The SMILES string of the molecule is CN=C(NCc1cc(Br)cc2c1OCC2)NC1CC1. The summed E-state index contributed by atoms with van der Waals surface area (Å²) in [6.07, 6.45) is 3.49. The van der Waals surface area contributed by atoms with Crippen molar-refractivity contribution in [2.75, 3.05) is 13.7 Å². The molecule has 0 atom stereocenters. The molecule has 1 aliphatic carbocycles. The van der Waals surface area contributed by atoms with E-state index in [1.54, 1.807) is 7.05 Å². The number of guanidine groups is 1. The van der Waals surface area contributed by atoms with E-state index in [0.717, 1.165) is 35.8 Å². The van der Waals surface area contributed by atoms with Crippen LogP contribution < -0.4 is 15.4 Å². The lowest BCUT2D eigenvalue weighted by atomic mass is 10.1. The molecule has 0 saturated heterocycles. The average Bonchev–Trinajstić information content (AvgIpc) is 3.09. The Balaban J connectivity index is 1.69. The molecule has 0 bridgehead atoms. The fourth-order valence-corrected chi connectivity index (χ4v) is 2.82. The van der Waals surface area contributed by atoms with E-state index in [2.05, 4.69) is 43.7 Å². The van der Waals surface area contributed by atoms with Gasteiger partial charge in [0.25, 0.3) is 0 Å². The van der Waals surface area contributed by atoms with Crippen LogP contribution in [0, 0.1) is 0 Å². The highest BCUT2D eigenvalue weighted by molar-refractivity contribution is 9.10. The summed E-state index contributed by atoms with van der Waals surface area (Å²) in [7, 11) is 1.81. The molecule has 0 amide bonds. The highest BCUT2D eigenvalue weighted by Crippen LogP contribution is 2.32. The number of nitrogens with zero attached hydrogens (tertiary/aromatic N) is 1. The number of benzene rings is 1. The van der Waals surface area contributed by atoms with E-state index < -0.39 is 0 Å². The van der Waals surface area contributed by atoms with Crippen LogP contribution in [0.5, 0.6) is 5.75 Å². The van der Waals surface area contributed by atoms with Crippen molar-refractivity contribution in [3.63, 3.8) is 0 Å². The van der Waals surface area contributed by atoms with E-state index in [1.807, 2.05) is 0 Å². The fraction of sp³-hybridized carbons (Fsp3) is 0.500. The molecule has 5 heteroatoms. The van der Waals surface area contributed by atoms with E-state index in [9.17, 15) is 0 Å². The van der Waals surface area contributed by atoms with Gasteiger partial charge in [0.1, 0.15) is 5.75 Å². The third-order valence-electron chi connectivity index (χ3n) is 3.41. The number of halogens is 1. The van der Waals surface area contributed by atoms with Gasteiger partial charge in [0, 0.05) is 36.1 Å². The smallest absolute Gasteiger partial charge is 0.191 e. The quantitative estimate of drug-likeness (QED) is 0.662. The molecule has 0 aromatic heterocycles. The minimum atomic E-state index is 0.607. The molecule has 3 rings (SSSR count). The van der Waals surface area contributed by atoms with Crippen LogP contribution in [0.3, 0.4) is 0 Å². The van der Waals surface area contributed by atoms with Gasteiger partial charge in [-0.15, -0.1) is 0 Å². The lowest BCUT2D eigenvalue weighted by Gasteiger charge is -2.13. The van der Waals surface area contributed by atoms with Crippen molar-refractivity contribution in [3.05, 3.63) is 27.7 Å². The van der Waals surface area contributed by atoms with Gasteiger partial charge in [-0.2, -0.15) is 0 Å². The van der Waals surface area contributed by atoms with E-state index >= 15 is 0 Å². The van der Waals surface area contributed by atoms with Gasteiger partial charge >= 0.3 is 0 Å². The van der Waals surface area contributed by atoms with Crippen molar-refractivity contribution in [1.29, 1.82) is 0 Å². The van der Waals surface area contributed by atoms with Crippen molar-refractivity contribution in [2.45, 2.75) is 31.8 Å². The molecule has 1 aromatic rings. The highest BCUT2D eigenvalue weighted by atomic mass is 79.9. The lowest BCUT2D eigenvalue weighted by molar-refractivity contribution is 0.353. The number of hydrogen-bond donors (Lipinski definition) is 2. The Morgan fingerprint density at radius 3 is 3.05 bits per heavy atom. The number of aliphatic imine (C=N–C) groups is 1. The van der Waals surface area contributed by atoms with Crippen LogP contribution in [0.25, 0.3) is 0 Å². The maximum Gasteiger partial charge on any atom is 0.191 e. The molecule has 0 unspecified atom stereocenters. The van der Waals surface area contributed by atoms with E-state index in [4.69, 9.17) is 4.74 Å². The summed E-state index contributed by atoms with van der Waals surface area (Å²) in [6, 6.07) is 4.86. The summed E-state index contributed by atoms with van der Waals surface area (Å²) in [6.45, 7) is 1.52. The summed E-state index contributed by atoms with van der Waals surface area (Å²) in [5, 5.41) is 6.73. The number of nitrogens with one attached hydrogen (secondary N) is 2. The first-order chi connectivity index (χ1) is 9.26. The Bertz CT molecular complexity index is 512. The zero-order valence-electron chi connectivity index (χ0n) is 11.0. The van der Waals surface area contributed by atoms with E-state index in [-0.39, 0.29) is 0 Å². The van der Waals surface area contributed by atoms with Gasteiger partial charge in [0.15, 0.2) is 5.96 Å². The number of fused-ring (bicyclic) bond motifs is 1. The minimum Gasteiger partial charge on any atom is -0.493 e. The molecule has 19 heavy (non-hydrogen) atoms. The molecule has 0 spiro atoms. The van der Waals surface area contributed by atoms with Crippen LogP contribution in [0.2, 0.25) is 0 Å². The molecule has 4 nitrogen and oxygen atoms in total. The molecule has 0 radical (unpaired) electrons.